The second-order valence-corrected chi connectivity index (χ2v) is 6.47. The van der Waals surface area contributed by atoms with Crippen molar-refractivity contribution in [3.05, 3.63) is 66.0 Å². The number of carbonyl (C=O) groups is 1. The molecular formula is C23H20F3N3O3. The number of rotatable bonds is 7. The number of halogens is 3. The van der Waals surface area contributed by atoms with E-state index in [1.54, 1.807) is 30.3 Å². The maximum absolute atomic E-state index is 12.9. The van der Waals surface area contributed by atoms with Crippen molar-refractivity contribution in [3.63, 3.8) is 0 Å². The number of imidazole rings is 1. The summed E-state index contributed by atoms with van der Waals surface area (Å²) in [6.45, 7) is 2.95. The smallest absolute Gasteiger partial charge is 0.432 e. The van der Waals surface area contributed by atoms with E-state index in [2.05, 4.69) is 27.1 Å². The molecule has 0 aliphatic heterocycles. The molecule has 1 aromatic heterocycles. The van der Waals surface area contributed by atoms with Crippen LogP contribution >= 0.6 is 0 Å². The summed E-state index contributed by atoms with van der Waals surface area (Å²) in [4.78, 5) is 18.4. The lowest BCUT2D eigenvalue weighted by Gasteiger charge is -2.13. The topological polar surface area (TPSA) is 76.2 Å². The van der Waals surface area contributed by atoms with Gasteiger partial charge in [-0.2, -0.15) is 13.2 Å². The van der Waals surface area contributed by atoms with Crippen molar-refractivity contribution >= 4 is 11.6 Å². The van der Waals surface area contributed by atoms with Gasteiger partial charge in [0.05, 0.1) is 18.5 Å². The molecule has 0 radical (unpaired) electrons. The Morgan fingerprint density at radius 1 is 1.16 bits per heavy atom. The minimum absolute atomic E-state index is 0.00376. The van der Waals surface area contributed by atoms with E-state index in [9.17, 15) is 18.0 Å². The summed E-state index contributed by atoms with van der Waals surface area (Å²) < 4.78 is 49.5. The number of aromatic amines is 1. The number of alkyl halides is 3. The van der Waals surface area contributed by atoms with E-state index in [1.807, 2.05) is 13.0 Å². The fourth-order valence-electron chi connectivity index (χ4n) is 2.67. The molecule has 1 heterocycles. The van der Waals surface area contributed by atoms with Crippen LogP contribution in [0.2, 0.25) is 0 Å². The molecule has 6 nitrogen and oxygen atoms in total. The number of H-pyrrole nitrogens is 1. The molecule has 0 spiro atoms. The fourth-order valence-corrected chi connectivity index (χ4v) is 2.67. The number of nitrogens with one attached hydrogen (secondary N) is 2. The Hall–Kier alpha value is -3.77. The van der Waals surface area contributed by atoms with Crippen LogP contribution in [0.4, 0.5) is 18.9 Å². The van der Waals surface area contributed by atoms with Crippen LogP contribution in [0.25, 0.3) is 11.4 Å². The fraction of sp³-hybridized carbons (Fsp3) is 0.217. The first-order chi connectivity index (χ1) is 15.4. The van der Waals surface area contributed by atoms with Gasteiger partial charge in [0.15, 0.2) is 0 Å². The van der Waals surface area contributed by atoms with Crippen LogP contribution in [0.1, 0.15) is 18.2 Å². The predicted octanol–water partition coefficient (Wildman–Crippen LogP) is 4.50. The SMILES string of the molecule is CCOCCOc1ccc(-c2ncc(C(F)(F)F)[nH]2)cc1NC(=O)C#Cc1ccccc1. The molecule has 2 N–H and O–H groups in total. The van der Waals surface area contributed by atoms with Crippen molar-refractivity contribution in [2.45, 2.75) is 13.1 Å². The highest BCUT2D eigenvalue weighted by atomic mass is 19.4. The molecule has 1 amide bonds. The number of amides is 1. The van der Waals surface area contributed by atoms with E-state index in [-0.39, 0.29) is 18.1 Å². The highest BCUT2D eigenvalue weighted by Gasteiger charge is 2.33. The Morgan fingerprint density at radius 2 is 1.94 bits per heavy atom. The summed E-state index contributed by atoms with van der Waals surface area (Å²) in [7, 11) is 0. The highest BCUT2D eigenvalue weighted by Crippen LogP contribution is 2.32. The van der Waals surface area contributed by atoms with E-state index in [0.29, 0.717) is 36.3 Å². The molecule has 9 heteroatoms. The Balaban J connectivity index is 1.84. The molecule has 0 bridgehead atoms. The van der Waals surface area contributed by atoms with E-state index >= 15 is 0 Å². The third-order valence-electron chi connectivity index (χ3n) is 4.17. The molecule has 0 saturated heterocycles. The van der Waals surface area contributed by atoms with E-state index in [4.69, 9.17) is 9.47 Å². The minimum Gasteiger partial charge on any atom is -0.489 e. The summed E-state index contributed by atoms with van der Waals surface area (Å²) in [5.41, 5.74) is 0.281. The maximum Gasteiger partial charge on any atom is 0.432 e. The number of ether oxygens (including phenoxy) is 2. The van der Waals surface area contributed by atoms with Crippen LogP contribution in [0.15, 0.2) is 54.7 Å². The van der Waals surface area contributed by atoms with Crippen molar-refractivity contribution in [1.29, 1.82) is 0 Å². The predicted molar refractivity (Wildman–Crippen MR) is 113 cm³/mol. The quantitative estimate of drug-likeness (QED) is 0.417. The molecule has 32 heavy (non-hydrogen) atoms. The lowest BCUT2D eigenvalue weighted by Crippen LogP contribution is -2.12. The van der Waals surface area contributed by atoms with Gasteiger partial charge in [-0.15, -0.1) is 0 Å². The van der Waals surface area contributed by atoms with Crippen LogP contribution in [0, 0.1) is 11.8 Å². The van der Waals surface area contributed by atoms with Crippen molar-refractivity contribution in [1.82, 2.24) is 9.97 Å². The minimum atomic E-state index is -4.54. The molecule has 166 valence electrons. The summed E-state index contributed by atoms with van der Waals surface area (Å²) in [5, 5.41) is 2.63. The summed E-state index contributed by atoms with van der Waals surface area (Å²) in [6.07, 6.45) is -3.83. The summed E-state index contributed by atoms with van der Waals surface area (Å²) in [5.74, 6) is 4.95. The number of anilines is 1. The Labute approximate surface area is 182 Å². The van der Waals surface area contributed by atoms with Gasteiger partial charge >= 0.3 is 12.1 Å². The van der Waals surface area contributed by atoms with Gasteiger partial charge < -0.3 is 19.8 Å². The molecule has 0 aliphatic rings. The van der Waals surface area contributed by atoms with E-state index < -0.39 is 17.8 Å². The number of benzene rings is 2. The van der Waals surface area contributed by atoms with Crippen molar-refractivity contribution < 1.29 is 27.4 Å². The third-order valence-corrected chi connectivity index (χ3v) is 4.17. The highest BCUT2D eigenvalue weighted by molar-refractivity contribution is 6.05. The summed E-state index contributed by atoms with van der Waals surface area (Å²) in [6, 6.07) is 13.5. The molecule has 0 saturated carbocycles. The molecule has 3 rings (SSSR count). The Bertz CT molecular complexity index is 1120. The average molecular weight is 443 g/mol. The monoisotopic (exact) mass is 443 g/mol. The first-order valence-corrected chi connectivity index (χ1v) is 9.72. The number of nitrogens with zero attached hydrogens (tertiary/aromatic N) is 1. The maximum atomic E-state index is 12.9. The number of carbonyl (C=O) groups excluding carboxylic acids is 1. The second-order valence-electron chi connectivity index (χ2n) is 6.47. The molecule has 0 fully saturated rings. The van der Waals surface area contributed by atoms with Gasteiger partial charge in [0.1, 0.15) is 23.9 Å². The van der Waals surface area contributed by atoms with Crippen LogP contribution in [-0.4, -0.2) is 35.7 Å². The van der Waals surface area contributed by atoms with Gasteiger partial charge in [0.2, 0.25) is 0 Å². The molecule has 0 atom stereocenters. The van der Waals surface area contributed by atoms with Gasteiger partial charge in [0, 0.05) is 23.7 Å². The Kier molecular flexibility index (Phi) is 7.52. The molecule has 0 aliphatic carbocycles. The zero-order chi connectivity index (χ0) is 23.0. The zero-order valence-corrected chi connectivity index (χ0v) is 17.1. The van der Waals surface area contributed by atoms with Crippen LogP contribution in [-0.2, 0) is 15.7 Å². The third kappa shape index (κ3) is 6.36. The van der Waals surface area contributed by atoms with Crippen LogP contribution in [0.3, 0.4) is 0 Å². The van der Waals surface area contributed by atoms with Crippen molar-refractivity contribution in [3.8, 4) is 29.0 Å². The van der Waals surface area contributed by atoms with Crippen LogP contribution in [0.5, 0.6) is 5.75 Å². The standard InChI is InChI=1S/C23H20F3N3O3/c1-2-31-12-13-32-19-10-9-17(22-27-15-20(29-22)23(24,25)26)14-18(19)28-21(30)11-8-16-6-4-3-5-7-16/h3-7,9-10,14-15H,2,12-13H2,1H3,(H,27,29)(H,28,30). The molecule has 3 aromatic rings. The van der Waals surface area contributed by atoms with Gasteiger partial charge in [-0.1, -0.05) is 24.1 Å². The molecular weight excluding hydrogens is 423 g/mol. The average Bonchev–Trinajstić information content (AvgIpc) is 3.28. The van der Waals surface area contributed by atoms with Gasteiger partial charge in [-0.25, -0.2) is 4.98 Å². The van der Waals surface area contributed by atoms with E-state index in [1.165, 1.54) is 12.1 Å². The van der Waals surface area contributed by atoms with Crippen LogP contribution < -0.4 is 10.1 Å². The lowest BCUT2D eigenvalue weighted by molar-refractivity contribution is -0.140. The first kappa shape index (κ1) is 22.9. The first-order valence-electron chi connectivity index (χ1n) is 9.72. The molecule has 2 aromatic carbocycles. The zero-order valence-electron chi connectivity index (χ0n) is 17.1. The lowest BCUT2D eigenvalue weighted by atomic mass is 10.1. The number of aromatic nitrogens is 2. The summed E-state index contributed by atoms with van der Waals surface area (Å²) >= 11 is 0. The van der Waals surface area contributed by atoms with Crippen molar-refractivity contribution in [2.24, 2.45) is 0 Å². The second kappa shape index (κ2) is 10.5. The van der Waals surface area contributed by atoms with E-state index in [0.717, 1.165) is 0 Å². The number of hydrogen-bond donors (Lipinski definition) is 2. The Morgan fingerprint density at radius 3 is 2.62 bits per heavy atom. The normalized spacial score (nSPS) is 10.9. The van der Waals surface area contributed by atoms with Gasteiger partial charge in [-0.3, -0.25) is 4.79 Å². The van der Waals surface area contributed by atoms with Crippen molar-refractivity contribution in [2.75, 3.05) is 25.1 Å². The van der Waals surface area contributed by atoms with Gasteiger partial charge in [-0.05, 0) is 37.3 Å². The largest absolute Gasteiger partial charge is 0.489 e. The molecule has 0 unspecified atom stereocenters. The van der Waals surface area contributed by atoms with Gasteiger partial charge in [0.25, 0.3) is 0 Å². The number of hydrogen-bond acceptors (Lipinski definition) is 4.